The number of nitrogens with zero attached hydrogens (tertiary/aromatic N) is 3. The highest BCUT2D eigenvalue weighted by Gasteiger charge is 2.37. The Bertz CT molecular complexity index is 933. The van der Waals surface area contributed by atoms with Gasteiger partial charge in [0.15, 0.2) is 5.17 Å². The van der Waals surface area contributed by atoms with Gasteiger partial charge in [0.05, 0.1) is 5.36 Å². The highest BCUT2D eigenvalue weighted by atomic mass is 32.2. The lowest BCUT2D eigenvalue weighted by Gasteiger charge is -2.38. The van der Waals surface area contributed by atoms with E-state index in [1.165, 1.54) is 17.3 Å². The minimum absolute atomic E-state index is 0.110. The number of carbonyl (C=O) groups excluding carboxylic acids is 1. The summed E-state index contributed by atoms with van der Waals surface area (Å²) >= 11 is 1.48. The SMILES string of the molecule is C=CCSC1=NN2C(=c3ccccc3=NC2C2CC=C(C)CC2)C(=O)N1. The number of nitrogens with one attached hydrogen (secondary N) is 1. The normalized spacial score (nSPS) is 24.6. The van der Waals surface area contributed by atoms with E-state index in [4.69, 9.17) is 10.1 Å². The maximum Gasteiger partial charge on any atom is 0.276 e. The molecule has 0 radical (unpaired) electrons. The summed E-state index contributed by atoms with van der Waals surface area (Å²) in [6.45, 7) is 5.92. The van der Waals surface area contributed by atoms with Gasteiger partial charge in [0.1, 0.15) is 11.9 Å². The highest BCUT2D eigenvalue weighted by Crippen LogP contribution is 2.32. The number of allylic oxidation sites excluding steroid dienone is 2. The fourth-order valence-electron chi connectivity index (χ4n) is 3.62. The number of hydrazone groups is 1. The molecule has 5 nitrogen and oxygen atoms in total. The van der Waals surface area contributed by atoms with Crippen molar-refractivity contribution in [3.63, 3.8) is 0 Å². The third-order valence-corrected chi connectivity index (χ3v) is 5.84. The number of rotatable bonds is 3. The average molecular weight is 366 g/mol. The van der Waals surface area contributed by atoms with Crippen LogP contribution in [0, 0.1) is 5.92 Å². The summed E-state index contributed by atoms with van der Waals surface area (Å²) in [6, 6.07) is 7.83. The Morgan fingerprint density at radius 1 is 1.42 bits per heavy atom. The van der Waals surface area contributed by atoms with Crippen LogP contribution >= 0.6 is 11.8 Å². The molecule has 0 bridgehead atoms. The van der Waals surface area contributed by atoms with Crippen molar-refractivity contribution in [3.8, 4) is 0 Å². The monoisotopic (exact) mass is 366 g/mol. The van der Waals surface area contributed by atoms with Crippen LogP contribution in [0.2, 0.25) is 0 Å². The molecule has 0 fully saturated rings. The third kappa shape index (κ3) is 3.09. The van der Waals surface area contributed by atoms with Crippen LogP contribution in [0.3, 0.4) is 0 Å². The zero-order valence-electron chi connectivity index (χ0n) is 14.8. The van der Waals surface area contributed by atoms with Crippen LogP contribution in [0.4, 0.5) is 0 Å². The summed E-state index contributed by atoms with van der Waals surface area (Å²) in [6.07, 6.45) is 7.07. The van der Waals surface area contributed by atoms with Crippen LogP contribution in [0.1, 0.15) is 26.2 Å². The van der Waals surface area contributed by atoms with E-state index in [1.54, 1.807) is 6.08 Å². The smallest absolute Gasteiger partial charge is 0.276 e. The second-order valence-corrected chi connectivity index (χ2v) is 7.81. The first-order valence-electron chi connectivity index (χ1n) is 8.93. The van der Waals surface area contributed by atoms with Gasteiger partial charge in [-0.1, -0.05) is 47.7 Å². The largest absolute Gasteiger partial charge is 0.298 e. The summed E-state index contributed by atoms with van der Waals surface area (Å²) in [5, 5.41) is 11.9. The molecule has 6 heteroatoms. The van der Waals surface area contributed by atoms with Crippen molar-refractivity contribution >= 4 is 28.5 Å². The molecule has 3 aliphatic rings. The zero-order chi connectivity index (χ0) is 18.1. The molecular weight excluding hydrogens is 344 g/mol. The molecule has 2 unspecified atom stereocenters. The minimum Gasteiger partial charge on any atom is -0.298 e. The number of benzene rings is 1. The van der Waals surface area contributed by atoms with Gasteiger partial charge >= 0.3 is 0 Å². The van der Waals surface area contributed by atoms with Gasteiger partial charge in [-0.2, -0.15) is 0 Å². The number of fused-ring (bicyclic) bond motifs is 2. The van der Waals surface area contributed by atoms with Gasteiger partial charge in [-0.05, 0) is 32.3 Å². The van der Waals surface area contributed by atoms with Crippen molar-refractivity contribution in [3.05, 3.63) is 59.1 Å². The fourth-order valence-corrected chi connectivity index (χ4v) is 4.20. The molecule has 0 saturated carbocycles. The van der Waals surface area contributed by atoms with Crippen molar-refractivity contribution in [2.24, 2.45) is 16.0 Å². The minimum atomic E-state index is -0.144. The summed E-state index contributed by atoms with van der Waals surface area (Å²) in [5.74, 6) is 0.940. The summed E-state index contributed by atoms with van der Waals surface area (Å²) < 4.78 is 0. The van der Waals surface area contributed by atoms with Gasteiger partial charge in [-0.3, -0.25) is 15.1 Å². The van der Waals surface area contributed by atoms with Crippen LogP contribution in [0.15, 0.2) is 58.7 Å². The van der Waals surface area contributed by atoms with Crippen LogP contribution < -0.4 is 15.9 Å². The molecule has 2 heterocycles. The van der Waals surface area contributed by atoms with Crippen molar-refractivity contribution in [2.75, 3.05) is 5.75 Å². The van der Waals surface area contributed by atoms with E-state index in [9.17, 15) is 4.79 Å². The second-order valence-electron chi connectivity index (χ2n) is 6.80. The van der Waals surface area contributed by atoms with E-state index < -0.39 is 0 Å². The van der Waals surface area contributed by atoms with E-state index in [0.29, 0.717) is 22.5 Å². The van der Waals surface area contributed by atoms with E-state index in [0.717, 1.165) is 29.8 Å². The first kappa shape index (κ1) is 17.1. The number of amidine groups is 1. The molecule has 1 aromatic rings. The average Bonchev–Trinajstić information content (AvgIpc) is 2.66. The Kier molecular flexibility index (Phi) is 4.68. The standard InChI is InChI=1S/C20H22N4OS/c1-3-12-26-20-22-19(25)17-15-6-4-5-7-16(15)21-18(24(17)23-20)14-10-8-13(2)9-11-14/h3-8,14,18H,1,9-12H2,2H3,(H,22,23,25). The van der Waals surface area contributed by atoms with E-state index in [-0.39, 0.29) is 12.1 Å². The van der Waals surface area contributed by atoms with Crippen molar-refractivity contribution in [2.45, 2.75) is 32.4 Å². The predicted octanol–water partition coefficient (Wildman–Crippen LogP) is 2.12. The summed E-state index contributed by atoms with van der Waals surface area (Å²) in [5.41, 5.74) is 2.04. The Balaban J connectivity index is 1.81. The van der Waals surface area contributed by atoms with Gasteiger partial charge in [0.2, 0.25) is 0 Å². The van der Waals surface area contributed by atoms with E-state index in [2.05, 4.69) is 24.9 Å². The Hall–Kier alpha value is -2.34. The van der Waals surface area contributed by atoms with Crippen molar-refractivity contribution in [1.82, 2.24) is 10.3 Å². The summed E-state index contributed by atoms with van der Waals surface area (Å²) in [4.78, 5) is 17.9. The molecule has 0 aromatic heterocycles. The molecule has 1 amide bonds. The van der Waals surface area contributed by atoms with E-state index in [1.807, 2.05) is 29.3 Å². The predicted molar refractivity (Wildman–Crippen MR) is 106 cm³/mol. The molecular formula is C20H22N4OS. The quantitative estimate of drug-likeness (QED) is 0.834. The zero-order valence-corrected chi connectivity index (χ0v) is 15.6. The lowest BCUT2D eigenvalue weighted by Crippen LogP contribution is -2.54. The topological polar surface area (TPSA) is 57.1 Å². The molecule has 26 heavy (non-hydrogen) atoms. The van der Waals surface area contributed by atoms with Crippen molar-refractivity contribution in [1.29, 1.82) is 0 Å². The fraction of sp³-hybridized carbons (Fsp3) is 0.350. The molecule has 2 aliphatic heterocycles. The number of hydrogen-bond donors (Lipinski definition) is 1. The molecule has 0 saturated heterocycles. The molecule has 2 atom stereocenters. The third-order valence-electron chi connectivity index (χ3n) is 4.98. The van der Waals surface area contributed by atoms with Gasteiger partial charge in [-0.15, -0.1) is 11.7 Å². The Morgan fingerprint density at radius 2 is 2.27 bits per heavy atom. The van der Waals surface area contributed by atoms with Crippen LogP contribution in [0.25, 0.3) is 5.70 Å². The number of amides is 1. The number of para-hydroxylation sites is 1. The highest BCUT2D eigenvalue weighted by molar-refractivity contribution is 8.14. The van der Waals surface area contributed by atoms with Crippen molar-refractivity contribution < 1.29 is 4.79 Å². The number of hydrogen-bond acceptors (Lipinski definition) is 5. The van der Waals surface area contributed by atoms with Gasteiger partial charge in [0.25, 0.3) is 5.91 Å². The Morgan fingerprint density at radius 3 is 3.04 bits per heavy atom. The van der Waals surface area contributed by atoms with Crippen LogP contribution in [-0.4, -0.2) is 28.0 Å². The number of thioether (sulfide) groups is 1. The molecule has 1 aliphatic carbocycles. The first-order valence-corrected chi connectivity index (χ1v) is 9.91. The Labute approximate surface area is 157 Å². The van der Waals surface area contributed by atoms with Gasteiger partial charge in [-0.25, -0.2) is 5.01 Å². The van der Waals surface area contributed by atoms with Gasteiger partial charge in [0, 0.05) is 16.9 Å². The van der Waals surface area contributed by atoms with Crippen LogP contribution in [-0.2, 0) is 4.79 Å². The van der Waals surface area contributed by atoms with Crippen LogP contribution in [0.5, 0.6) is 0 Å². The van der Waals surface area contributed by atoms with E-state index >= 15 is 0 Å². The summed E-state index contributed by atoms with van der Waals surface area (Å²) in [7, 11) is 0. The molecule has 1 N–H and O–H groups in total. The maximum absolute atomic E-state index is 12.9. The maximum atomic E-state index is 12.9. The first-order chi connectivity index (χ1) is 12.7. The molecule has 134 valence electrons. The lowest BCUT2D eigenvalue weighted by atomic mass is 9.87. The molecule has 0 spiro atoms. The second kappa shape index (κ2) is 7.11. The number of carbonyl (C=O) groups is 1. The molecule has 4 rings (SSSR count). The van der Waals surface area contributed by atoms with Gasteiger partial charge < -0.3 is 0 Å². The lowest BCUT2D eigenvalue weighted by molar-refractivity contribution is -0.116. The molecule has 1 aromatic carbocycles.